The van der Waals surface area contributed by atoms with E-state index in [0.717, 1.165) is 6.42 Å². The summed E-state index contributed by atoms with van der Waals surface area (Å²) in [5, 5.41) is 0. The third-order valence-electron chi connectivity index (χ3n) is 5.76. The molecule has 3 aromatic rings. The van der Waals surface area contributed by atoms with Crippen molar-refractivity contribution < 1.29 is 0 Å². The summed E-state index contributed by atoms with van der Waals surface area (Å²) in [4.78, 5) is 0. The van der Waals surface area contributed by atoms with Crippen LogP contribution in [0.15, 0.2) is 66.2 Å². The number of hydrogen-bond acceptors (Lipinski definition) is 0. The Morgan fingerprint density at radius 2 is 1.13 bits per heavy atom. The molecule has 0 heterocycles. The minimum absolute atomic E-state index is 1.15. The summed E-state index contributed by atoms with van der Waals surface area (Å²) in [5.41, 5.74) is 14.9. The molecule has 6 rings (SSSR count). The first-order valence-corrected chi connectivity index (χ1v) is 8.48. The fraction of sp³-hybridized carbons (Fsp3) is 0.130. The van der Waals surface area contributed by atoms with Gasteiger partial charge in [-0.05, 0) is 69.3 Å². The number of aryl methyl sites for hydroxylation is 1. The number of fused-ring (bicyclic) bond motifs is 3. The van der Waals surface area contributed by atoms with Crippen molar-refractivity contribution in [3.8, 4) is 22.3 Å². The summed E-state index contributed by atoms with van der Waals surface area (Å²) in [6.07, 6.45) is 3.55. The molecule has 0 saturated carbocycles. The predicted octanol–water partition coefficient (Wildman–Crippen LogP) is 5.64. The lowest BCUT2D eigenvalue weighted by atomic mass is 9.82. The predicted molar refractivity (Wildman–Crippen MR) is 95.4 cm³/mol. The van der Waals surface area contributed by atoms with Crippen molar-refractivity contribution in [1.29, 1.82) is 0 Å². The molecule has 3 aromatic carbocycles. The van der Waals surface area contributed by atoms with Crippen LogP contribution >= 0.6 is 0 Å². The third kappa shape index (κ3) is 1.37. The van der Waals surface area contributed by atoms with Crippen molar-refractivity contribution in [3.63, 3.8) is 0 Å². The zero-order valence-corrected chi connectivity index (χ0v) is 12.9. The van der Waals surface area contributed by atoms with Crippen LogP contribution in [0.4, 0.5) is 0 Å². The number of benzene rings is 3. The topological polar surface area (TPSA) is 0 Å². The molecule has 0 amide bonds. The lowest BCUT2D eigenvalue weighted by Gasteiger charge is -2.21. The van der Waals surface area contributed by atoms with Gasteiger partial charge in [0.25, 0.3) is 0 Å². The van der Waals surface area contributed by atoms with Gasteiger partial charge in [-0.3, -0.25) is 0 Å². The van der Waals surface area contributed by atoms with Gasteiger partial charge in [0.1, 0.15) is 0 Å². The Labute approximate surface area is 136 Å². The van der Waals surface area contributed by atoms with Crippen LogP contribution in [0.3, 0.4) is 0 Å². The third-order valence-corrected chi connectivity index (χ3v) is 5.76. The van der Waals surface area contributed by atoms with Crippen LogP contribution in [0.2, 0.25) is 0 Å². The molecule has 0 fully saturated rings. The molecule has 0 radical (unpaired) electrons. The largest absolute Gasteiger partial charge is 0.0616 e. The Morgan fingerprint density at radius 3 is 1.87 bits per heavy atom. The van der Waals surface area contributed by atoms with Gasteiger partial charge in [0.05, 0.1) is 0 Å². The van der Waals surface area contributed by atoms with E-state index in [-0.39, 0.29) is 0 Å². The molecular weight excluding hydrogens is 276 g/mol. The average Bonchev–Trinajstić information content (AvgIpc) is 2.94. The molecule has 0 aliphatic heterocycles. The van der Waals surface area contributed by atoms with Crippen LogP contribution in [0.1, 0.15) is 28.7 Å². The Kier molecular flexibility index (Phi) is 2.08. The molecule has 3 aliphatic rings. The van der Waals surface area contributed by atoms with Crippen molar-refractivity contribution in [2.24, 2.45) is 0 Å². The molecule has 0 atom stereocenters. The van der Waals surface area contributed by atoms with Gasteiger partial charge in [-0.25, -0.2) is 0 Å². The highest BCUT2D eigenvalue weighted by molar-refractivity contribution is 6.06. The van der Waals surface area contributed by atoms with E-state index in [1.54, 1.807) is 11.1 Å². The summed E-state index contributed by atoms with van der Waals surface area (Å²) in [6.45, 7) is 0. The van der Waals surface area contributed by atoms with Crippen LogP contribution in [-0.2, 0) is 12.8 Å². The minimum atomic E-state index is 1.15. The SMILES string of the molecule is c1ccc2c(c1)-c1cccc3c1C1=C(CC3)Cc3cccc-2c31. The molecule has 0 aromatic heterocycles. The molecule has 0 N–H and O–H groups in total. The molecular formula is C23H16. The van der Waals surface area contributed by atoms with Crippen molar-refractivity contribution in [2.75, 3.05) is 0 Å². The molecule has 0 nitrogen and oxygen atoms in total. The number of hydrogen-bond donors (Lipinski definition) is 0. The van der Waals surface area contributed by atoms with E-state index >= 15 is 0 Å². The Hall–Kier alpha value is -2.60. The molecule has 23 heavy (non-hydrogen) atoms. The second-order valence-corrected chi connectivity index (χ2v) is 6.88. The van der Waals surface area contributed by atoms with Gasteiger partial charge in [-0.2, -0.15) is 0 Å². The van der Waals surface area contributed by atoms with Gasteiger partial charge in [0, 0.05) is 0 Å². The summed E-state index contributed by atoms with van der Waals surface area (Å²) < 4.78 is 0. The van der Waals surface area contributed by atoms with Gasteiger partial charge < -0.3 is 0 Å². The summed E-state index contributed by atoms with van der Waals surface area (Å²) in [6, 6.07) is 22.7. The first-order valence-electron chi connectivity index (χ1n) is 8.48. The second kappa shape index (κ2) is 4.02. The minimum Gasteiger partial charge on any atom is -0.0616 e. The molecule has 0 saturated heterocycles. The molecule has 0 heteroatoms. The van der Waals surface area contributed by atoms with Crippen LogP contribution in [0.5, 0.6) is 0 Å². The Balaban J connectivity index is 1.90. The average molecular weight is 292 g/mol. The molecule has 0 bridgehead atoms. The van der Waals surface area contributed by atoms with E-state index in [1.807, 2.05) is 0 Å². The van der Waals surface area contributed by atoms with Gasteiger partial charge in [0.15, 0.2) is 0 Å². The van der Waals surface area contributed by atoms with E-state index in [0.29, 0.717) is 0 Å². The van der Waals surface area contributed by atoms with Crippen LogP contribution in [0, 0.1) is 0 Å². The maximum Gasteiger partial charge on any atom is -0.00511 e. The van der Waals surface area contributed by atoms with E-state index in [4.69, 9.17) is 0 Å². The Bertz CT molecular complexity index is 1020. The van der Waals surface area contributed by atoms with Crippen LogP contribution in [0.25, 0.3) is 27.8 Å². The fourth-order valence-corrected chi connectivity index (χ4v) is 4.84. The highest BCUT2D eigenvalue weighted by Crippen LogP contribution is 2.53. The molecule has 0 spiro atoms. The normalized spacial score (nSPS) is 16.0. The lowest BCUT2D eigenvalue weighted by Crippen LogP contribution is -2.04. The fourth-order valence-electron chi connectivity index (χ4n) is 4.84. The Morgan fingerprint density at radius 1 is 0.522 bits per heavy atom. The van der Waals surface area contributed by atoms with E-state index in [1.165, 1.54) is 57.3 Å². The lowest BCUT2D eigenvalue weighted by molar-refractivity contribution is 0.896. The van der Waals surface area contributed by atoms with Crippen molar-refractivity contribution >= 4 is 5.57 Å². The van der Waals surface area contributed by atoms with E-state index in [2.05, 4.69) is 60.7 Å². The quantitative estimate of drug-likeness (QED) is 0.393. The van der Waals surface area contributed by atoms with Crippen molar-refractivity contribution in [3.05, 3.63) is 88.5 Å². The van der Waals surface area contributed by atoms with E-state index < -0.39 is 0 Å². The first-order chi connectivity index (χ1) is 11.4. The first kappa shape index (κ1) is 11.9. The number of allylic oxidation sites excluding steroid dienone is 1. The summed E-state index contributed by atoms with van der Waals surface area (Å²) in [7, 11) is 0. The smallest absolute Gasteiger partial charge is 0.00511 e. The summed E-state index contributed by atoms with van der Waals surface area (Å²) in [5.74, 6) is 0. The van der Waals surface area contributed by atoms with Gasteiger partial charge in [-0.15, -0.1) is 0 Å². The standard InChI is InChI=1S/C23H16/c1-2-8-18-17(7-1)19-9-3-5-14-11-12-16-13-15-6-4-10-20(18)22(15)23(16)21(14)19/h1-10H,11-13H2. The van der Waals surface area contributed by atoms with Crippen LogP contribution < -0.4 is 0 Å². The molecule has 0 unspecified atom stereocenters. The van der Waals surface area contributed by atoms with Crippen molar-refractivity contribution in [2.45, 2.75) is 19.3 Å². The van der Waals surface area contributed by atoms with E-state index in [9.17, 15) is 0 Å². The highest BCUT2D eigenvalue weighted by Gasteiger charge is 2.34. The maximum atomic E-state index is 2.33. The molecule has 108 valence electrons. The maximum absolute atomic E-state index is 2.33. The zero-order valence-electron chi connectivity index (χ0n) is 12.9. The van der Waals surface area contributed by atoms with Crippen molar-refractivity contribution in [1.82, 2.24) is 0 Å². The highest BCUT2D eigenvalue weighted by atomic mass is 14.4. The van der Waals surface area contributed by atoms with Crippen LogP contribution in [-0.4, -0.2) is 0 Å². The molecule has 3 aliphatic carbocycles. The monoisotopic (exact) mass is 292 g/mol. The zero-order chi connectivity index (χ0) is 15.0. The summed E-state index contributed by atoms with van der Waals surface area (Å²) >= 11 is 0. The second-order valence-electron chi connectivity index (χ2n) is 6.88. The van der Waals surface area contributed by atoms with Gasteiger partial charge >= 0.3 is 0 Å². The van der Waals surface area contributed by atoms with Gasteiger partial charge in [-0.1, -0.05) is 66.2 Å². The number of rotatable bonds is 0. The van der Waals surface area contributed by atoms with Gasteiger partial charge in [0.2, 0.25) is 0 Å².